The van der Waals surface area contributed by atoms with E-state index in [4.69, 9.17) is 39.5 Å². The fourth-order valence-corrected chi connectivity index (χ4v) is 1.46. The fraction of sp³-hybridized carbons (Fsp3) is 0. The van der Waals surface area contributed by atoms with E-state index in [0.717, 1.165) is 0 Å². The fourth-order valence-electron chi connectivity index (χ4n) is 1.03. The smallest absolute Gasteiger partial charge is 0.242 e. The second-order valence-corrected chi connectivity index (χ2v) is 3.98. The molecule has 0 N–H and O–H groups in total. The third kappa shape index (κ3) is 2.55. The number of hydrogen-bond donors (Lipinski definition) is 0. The van der Waals surface area contributed by atoms with Crippen LogP contribution in [0.5, 0.6) is 11.6 Å². The quantitative estimate of drug-likeness (QED) is 0.769. The van der Waals surface area contributed by atoms with Crippen molar-refractivity contribution < 1.29 is 4.74 Å². The van der Waals surface area contributed by atoms with Crippen LogP contribution in [-0.2, 0) is 0 Å². The second kappa shape index (κ2) is 4.87. The Morgan fingerprint density at radius 3 is 2.50 bits per heavy atom. The monoisotopic (exact) mass is 274 g/mol. The number of hydrogen-bond acceptors (Lipinski definition) is 3. The molecule has 0 radical (unpaired) electrons. The van der Waals surface area contributed by atoms with E-state index in [0.29, 0.717) is 10.8 Å². The van der Waals surface area contributed by atoms with Gasteiger partial charge in [0.1, 0.15) is 10.8 Å². The maximum absolute atomic E-state index is 5.92. The zero-order valence-electron chi connectivity index (χ0n) is 7.82. The Labute approximate surface area is 107 Å². The van der Waals surface area contributed by atoms with E-state index in [1.54, 1.807) is 24.3 Å². The van der Waals surface area contributed by atoms with Gasteiger partial charge in [-0.1, -0.05) is 35.3 Å². The van der Waals surface area contributed by atoms with Crippen molar-refractivity contribution in [1.82, 2.24) is 9.97 Å². The number of nitrogens with zero attached hydrogens (tertiary/aromatic N) is 2. The first-order chi connectivity index (χ1) is 7.66. The molecule has 16 heavy (non-hydrogen) atoms. The molecule has 6 heteroatoms. The highest BCUT2D eigenvalue weighted by atomic mass is 35.5. The number of para-hydroxylation sites is 1. The van der Waals surface area contributed by atoms with Gasteiger partial charge in [0, 0.05) is 0 Å². The molecule has 2 rings (SSSR count). The van der Waals surface area contributed by atoms with E-state index in [9.17, 15) is 0 Å². The molecule has 0 saturated heterocycles. The van der Waals surface area contributed by atoms with E-state index in [-0.39, 0.29) is 16.2 Å². The van der Waals surface area contributed by atoms with Crippen LogP contribution in [0.4, 0.5) is 0 Å². The van der Waals surface area contributed by atoms with Gasteiger partial charge in [-0.15, -0.1) is 0 Å². The lowest BCUT2D eigenvalue weighted by molar-refractivity contribution is 0.462. The Hall–Kier alpha value is -1.03. The van der Waals surface area contributed by atoms with Crippen molar-refractivity contribution in [3.8, 4) is 11.6 Å². The Bertz CT molecular complexity index is 519. The zero-order valence-corrected chi connectivity index (χ0v) is 10.1. The normalized spacial score (nSPS) is 10.2. The van der Waals surface area contributed by atoms with Crippen LogP contribution < -0.4 is 4.74 Å². The summed E-state index contributed by atoms with van der Waals surface area (Å²) in [5, 5.41) is 0.795. The van der Waals surface area contributed by atoms with Crippen molar-refractivity contribution in [3.05, 3.63) is 45.8 Å². The highest BCUT2D eigenvalue weighted by Gasteiger charge is 2.08. The molecule has 1 heterocycles. The van der Waals surface area contributed by atoms with Crippen molar-refractivity contribution in [2.75, 3.05) is 0 Å². The van der Waals surface area contributed by atoms with Crippen molar-refractivity contribution in [1.29, 1.82) is 0 Å². The van der Waals surface area contributed by atoms with Crippen LogP contribution in [0, 0.1) is 0 Å². The number of benzene rings is 1. The van der Waals surface area contributed by atoms with Gasteiger partial charge in [-0.05, 0) is 23.7 Å². The maximum Gasteiger partial charge on any atom is 0.242 e. The molecule has 0 spiro atoms. The van der Waals surface area contributed by atoms with E-state index in [2.05, 4.69) is 9.97 Å². The third-order valence-corrected chi connectivity index (χ3v) is 2.48. The first kappa shape index (κ1) is 11.5. The summed E-state index contributed by atoms with van der Waals surface area (Å²) < 4.78 is 5.42. The third-order valence-electron chi connectivity index (χ3n) is 1.73. The zero-order chi connectivity index (χ0) is 11.5. The summed E-state index contributed by atoms with van der Waals surface area (Å²) in [5.74, 6) is 0.635. The van der Waals surface area contributed by atoms with Crippen molar-refractivity contribution in [2.24, 2.45) is 0 Å². The van der Waals surface area contributed by atoms with Crippen LogP contribution in [0.15, 0.2) is 30.5 Å². The Morgan fingerprint density at radius 2 is 1.75 bits per heavy atom. The molecule has 0 aliphatic carbocycles. The second-order valence-electron chi connectivity index (χ2n) is 2.82. The Morgan fingerprint density at radius 1 is 1.00 bits per heavy atom. The van der Waals surface area contributed by atoms with Crippen LogP contribution in [0.25, 0.3) is 0 Å². The number of halogens is 3. The Kier molecular flexibility index (Phi) is 3.49. The SMILES string of the molecule is Clc1ncc(Cl)c(Oc2ccccc2Cl)n1. The number of ether oxygens (including phenoxy) is 1. The molecule has 0 unspecified atom stereocenters. The van der Waals surface area contributed by atoms with Gasteiger partial charge in [-0.25, -0.2) is 4.98 Å². The molecular formula is C10H5Cl3N2O. The number of rotatable bonds is 2. The molecule has 1 aromatic carbocycles. The van der Waals surface area contributed by atoms with Crippen molar-refractivity contribution in [3.63, 3.8) is 0 Å². The molecule has 2 aromatic rings. The molecule has 0 saturated carbocycles. The van der Waals surface area contributed by atoms with E-state index >= 15 is 0 Å². The molecular weight excluding hydrogens is 270 g/mol. The average molecular weight is 276 g/mol. The molecule has 0 aliphatic rings. The molecule has 0 bridgehead atoms. The first-order valence-electron chi connectivity index (χ1n) is 4.27. The van der Waals surface area contributed by atoms with E-state index in [1.807, 2.05) is 0 Å². The molecule has 0 amide bonds. The van der Waals surface area contributed by atoms with Crippen molar-refractivity contribution in [2.45, 2.75) is 0 Å². The van der Waals surface area contributed by atoms with Crippen LogP contribution in [0.3, 0.4) is 0 Å². The summed E-state index contributed by atoms with van der Waals surface area (Å²) >= 11 is 17.4. The minimum absolute atomic E-state index is 0.0615. The summed E-state index contributed by atoms with van der Waals surface area (Å²) in [6.07, 6.45) is 1.36. The molecule has 82 valence electrons. The molecule has 1 aromatic heterocycles. The van der Waals surface area contributed by atoms with Crippen molar-refractivity contribution >= 4 is 34.8 Å². The summed E-state index contributed by atoms with van der Waals surface area (Å²) in [6.45, 7) is 0. The standard InChI is InChI=1S/C10H5Cl3N2O/c11-6-3-1-2-4-8(6)16-9-7(12)5-14-10(13)15-9/h1-5H. The lowest BCUT2D eigenvalue weighted by Crippen LogP contribution is -1.91. The van der Waals surface area contributed by atoms with Gasteiger partial charge >= 0.3 is 0 Å². The van der Waals surface area contributed by atoms with Gasteiger partial charge in [0.05, 0.1) is 11.2 Å². The lowest BCUT2D eigenvalue weighted by atomic mass is 10.3. The van der Waals surface area contributed by atoms with Crippen LogP contribution >= 0.6 is 34.8 Å². The minimum Gasteiger partial charge on any atom is -0.436 e. The van der Waals surface area contributed by atoms with Gasteiger partial charge < -0.3 is 4.74 Å². The predicted octanol–water partition coefficient (Wildman–Crippen LogP) is 4.23. The summed E-state index contributed by atoms with van der Waals surface area (Å²) in [4.78, 5) is 7.56. The summed E-state index contributed by atoms with van der Waals surface area (Å²) in [5.41, 5.74) is 0. The molecule has 0 aliphatic heterocycles. The van der Waals surface area contributed by atoms with Gasteiger partial charge in [-0.3, -0.25) is 0 Å². The van der Waals surface area contributed by atoms with Gasteiger partial charge in [-0.2, -0.15) is 4.98 Å². The van der Waals surface area contributed by atoms with Gasteiger partial charge in [0.25, 0.3) is 0 Å². The molecule has 0 atom stereocenters. The first-order valence-corrected chi connectivity index (χ1v) is 5.40. The average Bonchev–Trinajstić information content (AvgIpc) is 2.27. The molecule has 3 nitrogen and oxygen atoms in total. The van der Waals surface area contributed by atoms with Crippen LogP contribution in [0.1, 0.15) is 0 Å². The van der Waals surface area contributed by atoms with E-state index < -0.39 is 0 Å². The maximum atomic E-state index is 5.92. The van der Waals surface area contributed by atoms with Gasteiger partial charge in [0.15, 0.2) is 0 Å². The summed E-state index contributed by atoms with van der Waals surface area (Å²) in [6, 6.07) is 6.99. The Balaban J connectivity index is 2.34. The lowest BCUT2D eigenvalue weighted by Gasteiger charge is -2.07. The van der Waals surface area contributed by atoms with Crippen LogP contribution in [-0.4, -0.2) is 9.97 Å². The van der Waals surface area contributed by atoms with Crippen LogP contribution in [0.2, 0.25) is 15.3 Å². The highest BCUT2D eigenvalue weighted by Crippen LogP contribution is 2.31. The van der Waals surface area contributed by atoms with Gasteiger partial charge in [0.2, 0.25) is 11.2 Å². The number of aromatic nitrogens is 2. The highest BCUT2D eigenvalue weighted by molar-refractivity contribution is 6.33. The molecule has 0 fully saturated rings. The topological polar surface area (TPSA) is 35.0 Å². The largest absolute Gasteiger partial charge is 0.436 e. The minimum atomic E-state index is 0.0615. The summed E-state index contributed by atoms with van der Waals surface area (Å²) in [7, 11) is 0. The van der Waals surface area contributed by atoms with E-state index in [1.165, 1.54) is 6.20 Å². The predicted molar refractivity (Wildman–Crippen MR) is 63.6 cm³/mol.